The number of carbonyl (C=O) groups is 2. The Kier molecular flexibility index (Phi) is 6.84. The molecule has 30 heavy (non-hydrogen) atoms. The summed E-state index contributed by atoms with van der Waals surface area (Å²) in [7, 11) is 0. The van der Waals surface area contributed by atoms with Crippen molar-refractivity contribution in [2.45, 2.75) is 26.8 Å². The average Bonchev–Trinajstić information content (AvgIpc) is 3.16. The van der Waals surface area contributed by atoms with Gasteiger partial charge in [0, 0.05) is 31.3 Å². The molecule has 2 aromatic heterocycles. The molecule has 0 saturated carbocycles. The second kappa shape index (κ2) is 9.73. The zero-order valence-corrected chi connectivity index (χ0v) is 17.1. The van der Waals surface area contributed by atoms with E-state index in [1.807, 2.05) is 44.2 Å². The first-order valence-electron chi connectivity index (χ1n) is 9.88. The maximum absolute atomic E-state index is 12.4. The summed E-state index contributed by atoms with van der Waals surface area (Å²) in [5.74, 6) is 0.274. The molecule has 0 atom stereocenters. The van der Waals surface area contributed by atoms with Gasteiger partial charge in [0.05, 0.1) is 23.8 Å². The number of aromatic nitrogens is 3. The van der Waals surface area contributed by atoms with Crippen LogP contribution in [0.1, 0.15) is 26.0 Å². The fourth-order valence-electron chi connectivity index (χ4n) is 2.87. The number of benzene rings is 1. The van der Waals surface area contributed by atoms with Gasteiger partial charge >= 0.3 is 6.03 Å². The average molecular weight is 410 g/mol. The molecule has 0 spiro atoms. The highest BCUT2D eigenvalue weighted by Crippen LogP contribution is 2.14. The highest BCUT2D eigenvalue weighted by molar-refractivity contribution is 5.78. The summed E-state index contributed by atoms with van der Waals surface area (Å²) in [4.78, 5) is 39.2. The van der Waals surface area contributed by atoms with E-state index in [9.17, 15) is 14.4 Å². The second-order valence-electron chi connectivity index (χ2n) is 7.37. The Morgan fingerprint density at radius 1 is 1.13 bits per heavy atom. The number of carbonyl (C=O) groups excluding carboxylic acids is 2. The lowest BCUT2D eigenvalue weighted by Crippen LogP contribution is -2.38. The summed E-state index contributed by atoms with van der Waals surface area (Å²) in [5, 5.41) is 12.9. The predicted octanol–water partition coefficient (Wildman–Crippen LogP) is 1.68. The van der Waals surface area contributed by atoms with E-state index in [2.05, 4.69) is 26.0 Å². The predicted molar refractivity (Wildman–Crippen MR) is 114 cm³/mol. The van der Waals surface area contributed by atoms with Crippen molar-refractivity contribution in [2.75, 3.05) is 13.1 Å². The third-order valence-electron chi connectivity index (χ3n) is 4.40. The minimum absolute atomic E-state index is 0.104. The van der Waals surface area contributed by atoms with Crippen molar-refractivity contribution in [3.05, 3.63) is 58.5 Å². The third-order valence-corrected chi connectivity index (χ3v) is 4.40. The topological polar surface area (TPSA) is 121 Å². The largest absolute Gasteiger partial charge is 0.356 e. The number of pyridine rings is 1. The van der Waals surface area contributed by atoms with E-state index in [1.54, 1.807) is 4.68 Å². The van der Waals surface area contributed by atoms with Gasteiger partial charge in [-0.15, -0.1) is 0 Å². The highest BCUT2D eigenvalue weighted by atomic mass is 16.2. The molecule has 3 amide bonds. The minimum atomic E-state index is -0.413. The van der Waals surface area contributed by atoms with Gasteiger partial charge in [0.25, 0.3) is 0 Å². The quantitative estimate of drug-likeness (QED) is 0.451. The molecule has 0 saturated heterocycles. The van der Waals surface area contributed by atoms with Crippen molar-refractivity contribution < 1.29 is 9.59 Å². The number of urea groups is 1. The summed E-state index contributed by atoms with van der Waals surface area (Å²) in [5.41, 5.74) is 1.76. The van der Waals surface area contributed by atoms with Crippen LogP contribution in [-0.4, -0.2) is 39.8 Å². The van der Waals surface area contributed by atoms with Gasteiger partial charge in [0.1, 0.15) is 5.65 Å². The summed E-state index contributed by atoms with van der Waals surface area (Å²) in [6.45, 7) is 5.00. The van der Waals surface area contributed by atoms with Gasteiger partial charge in [0.15, 0.2) is 5.43 Å². The number of nitrogens with one attached hydrogen (secondary N) is 4. The van der Waals surface area contributed by atoms with E-state index in [0.29, 0.717) is 29.2 Å². The van der Waals surface area contributed by atoms with Crippen LogP contribution < -0.4 is 21.4 Å². The lowest BCUT2D eigenvalue weighted by Gasteiger charge is -2.10. The molecule has 0 radical (unpaired) electrons. The Hall–Kier alpha value is -3.62. The molecular weight excluding hydrogens is 384 g/mol. The van der Waals surface area contributed by atoms with Gasteiger partial charge in [-0.05, 0) is 18.1 Å². The molecule has 4 N–H and O–H groups in total. The third kappa shape index (κ3) is 5.47. The Morgan fingerprint density at radius 3 is 2.63 bits per heavy atom. The Labute approximate surface area is 173 Å². The number of amides is 3. The molecule has 0 bridgehead atoms. The minimum Gasteiger partial charge on any atom is -0.356 e. The molecule has 0 aliphatic heterocycles. The molecule has 0 aliphatic rings. The number of hydrogen-bond acceptors (Lipinski definition) is 4. The molecule has 3 aromatic rings. The maximum atomic E-state index is 12.4. The van der Waals surface area contributed by atoms with E-state index in [0.717, 1.165) is 5.69 Å². The van der Waals surface area contributed by atoms with Crippen LogP contribution in [0.15, 0.2) is 47.4 Å². The van der Waals surface area contributed by atoms with Crippen molar-refractivity contribution in [3.8, 4) is 5.69 Å². The zero-order valence-electron chi connectivity index (χ0n) is 17.1. The number of H-pyrrole nitrogens is 1. The summed E-state index contributed by atoms with van der Waals surface area (Å²) >= 11 is 0. The fourth-order valence-corrected chi connectivity index (χ4v) is 2.87. The molecule has 9 heteroatoms. The van der Waals surface area contributed by atoms with Crippen LogP contribution in [0.4, 0.5) is 4.79 Å². The summed E-state index contributed by atoms with van der Waals surface area (Å²) < 4.78 is 1.65. The van der Waals surface area contributed by atoms with E-state index < -0.39 is 6.03 Å². The van der Waals surface area contributed by atoms with Crippen molar-refractivity contribution in [2.24, 2.45) is 5.92 Å². The van der Waals surface area contributed by atoms with E-state index in [1.165, 1.54) is 12.3 Å². The zero-order chi connectivity index (χ0) is 21.5. The lowest BCUT2D eigenvalue weighted by atomic mass is 10.2. The molecule has 9 nitrogen and oxygen atoms in total. The molecule has 0 fully saturated rings. The normalized spacial score (nSPS) is 10.9. The molecule has 158 valence electrons. The van der Waals surface area contributed by atoms with Crippen molar-refractivity contribution >= 4 is 23.0 Å². The molecule has 0 aliphatic carbocycles. The highest BCUT2D eigenvalue weighted by Gasteiger charge is 2.11. The van der Waals surface area contributed by atoms with Crippen molar-refractivity contribution in [1.29, 1.82) is 0 Å². The van der Waals surface area contributed by atoms with Gasteiger partial charge in [-0.2, -0.15) is 5.10 Å². The van der Waals surface area contributed by atoms with Crippen LogP contribution in [-0.2, 0) is 11.3 Å². The summed E-state index contributed by atoms with van der Waals surface area (Å²) in [6.07, 6.45) is 1.73. The lowest BCUT2D eigenvalue weighted by molar-refractivity contribution is -0.121. The van der Waals surface area contributed by atoms with E-state index >= 15 is 0 Å². The van der Waals surface area contributed by atoms with Crippen LogP contribution in [0.2, 0.25) is 0 Å². The SMILES string of the molecule is CC(C)CNC(=O)CCNC(=O)NCc1cc(=O)c2cnn(-c3ccccc3)c2[nH]1. The number of nitrogens with zero attached hydrogens (tertiary/aromatic N) is 2. The van der Waals surface area contributed by atoms with E-state index in [-0.39, 0.29) is 30.8 Å². The van der Waals surface area contributed by atoms with Gasteiger partial charge < -0.3 is 20.9 Å². The molecular formula is C21H26N6O3. The Balaban J connectivity index is 1.58. The van der Waals surface area contributed by atoms with Crippen LogP contribution in [0.5, 0.6) is 0 Å². The number of para-hydroxylation sites is 1. The number of fused-ring (bicyclic) bond motifs is 1. The summed E-state index contributed by atoms with van der Waals surface area (Å²) in [6, 6.07) is 10.5. The maximum Gasteiger partial charge on any atom is 0.315 e. The molecule has 3 rings (SSSR count). The second-order valence-corrected chi connectivity index (χ2v) is 7.37. The Bertz CT molecular complexity index is 1070. The smallest absolute Gasteiger partial charge is 0.315 e. The van der Waals surface area contributed by atoms with Crippen LogP contribution in [0.25, 0.3) is 16.7 Å². The number of aromatic amines is 1. The molecule has 0 unspecified atom stereocenters. The Morgan fingerprint density at radius 2 is 1.90 bits per heavy atom. The first-order chi connectivity index (χ1) is 14.4. The van der Waals surface area contributed by atoms with Crippen LogP contribution in [0, 0.1) is 5.92 Å². The fraction of sp³-hybridized carbons (Fsp3) is 0.333. The number of hydrogen-bond donors (Lipinski definition) is 4. The monoisotopic (exact) mass is 410 g/mol. The van der Waals surface area contributed by atoms with Crippen molar-refractivity contribution in [3.63, 3.8) is 0 Å². The van der Waals surface area contributed by atoms with Gasteiger partial charge in [-0.3, -0.25) is 9.59 Å². The van der Waals surface area contributed by atoms with Crippen LogP contribution in [0.3, 0.4) is 0 Å². The number of rotatable bonds is 8. The van der Waals surface area contributed by atoms with Crippen LogP contribution >= 0.6 is 0 Å². The molecule has 1 aromatic carbocycles. The van der Waals surface area contributed by atoms with Gasteiger partial charge in [-0.1, -0.05) is 32.0 Å². The van der Waals surface area contributed by atoms with E-state index in [4.69, 9.17) is 0 Å². The first kappa shape index (κ1) is 21.1. The molecule has 2 heterocycles. The van der Waals surface area contributed by atoms with Gasteiger partial charge in [0.2, 0.25) is 5.91 Å². The first-order valence-corrected chi connectivity index (χ1v) is 9.88. The van der Waals surface area contributed by atoms with Gasteiger partial charge in [-0.25, -0.2) is 9.48 Å². The standard InChI is InChI=1S/C21H26N6O3/c1-14(2)11-23-19(29)8-9-22-21(30)24-12-15-10-18(28)17-13-25-27(20(17)26-15)16-6-4-3-5-7-16/h3-7,10,13-14H,8-9,11-12H2,1-2H3,(H,23,29)(H,26,28)(H2,22,24,30). The van der Waals surface area contributed by atoms with Crippen molar-refractivity contribution in [1.82, 2.24) is 30.7 Å².